The van der Waals surface area contributed by atoms with Crippen molar-refractivity contribution in [3.05, 3.63) is 23.5 Å². The molecule has 2 aliphatic rings. The smallest absolute Gasteiger partial charge is 0.301 e. The van der Waals surface area contributed by atoms with Gasteiger partial charge in [-0.25, -0.2) is 22.2 Å². The third-order valence-corrected chi connectivity index (χ3v) is 5.64. The van der Waals surface area contributed by atoms with Crippen molar-refractivity contribution in [1.82, 2.24) is 9.29 Å². The molecule has 1 aromatic rings. The zero-order valence-corrected chi connectivity index (χ0v) is 11.1. The Morgan fingerprint density at radius 2 is 2.11 bits per heavy atom. The van der Waals surface area contributed by atoms with E-state index in [9.17, 15) is 17.2 Å². The molecule has 104 valence electrons. The minimum Gasteiger partial charge on any atom is -0.359 e. The maximum Gasteiger partial charge on any atom is 0.301 e. The van der Waals surface area contributed by atoms with Gasteiger partial charge in [-0.2, -0.15) is 4.31 Å². The molecule has 0 radical (unpaired) electrons. The van der Waals surface area contributed by atoms with Crippen LogP contribution in [0.25, 0.3) is 0 Å². The standard InChI is InChI=1S/C10H9ClF2N2O3S/c11-8-7(2-1-3-14-8)19(16,17)15-4-9(5-15)10(12,13)6-18-9/h1-3H,4-6H2. The van der Waals surface area contributed by atoms with Gasteiger partial charge in [-0.1, -0.05) is 11.6 Å². The molecule has 3 heterocycles. The first kappa shape index (κ1) is 13.2. The monoisotopic (exact) mass is 310 g/mol. The van der Waals surface area contributed by atoms with Crippen LogP contribution in [-0.4, -0.2) is 48.9 Å². The molecule has 0 saturated carbocycles. The van der Waals surface area contributed by atoms with Crippen LogP contribution in [0.4, 0.5) is 8.78 Å². The third-order valence-electron chi connectivity index (χ3n) is 3.40. The number of alkyl halides is 2. The van der Waals surface area contributed by atoms with Gasteiger partial charge in [0.05, 0.1) is 13.1 Å². The highest BCUT2D eigenvalue weighted by molar-refractivity contribution is 7.89. The maximum absolute atomic E-state index is 13.3. The SMILES string of the molecule is O=S(=O)(c1cccnc1Cl)N1CC2(C1)OCC2(F)F. The van der Waals surface area contributed by atoms with Gasteiger partial charge in [0.2, 0.25) is 10.0 Å². The number of ether oxygens (including phenoxy) is 1. The van der Waals surface area contributed by atoms with Crippen LogP contribution in [0, 0.1) is 0 Å². The van der Waals surface area contributed by atoms with Crippen molar-refractivity contribution >= 4 is 21.6 Å². The number of pyridine rings is 1. The number of hydrogen-bond donors (Lipinski definition) is 0. The van der Waals surface area contributed by atoms with E-state index in [0.29, 0.717) is 0 Å². The Bertz CT molecular complexity index is 631. The Labute approximate surface area is 113 Å². The lowest BCUT2D eigenvalue weighted by Gasteiger charge is -2.57. The van der Waals surface area contributed by atoms with E-state index in [0.717, 1.165) is 4.31 Å². The van der Waals surface area contributed by atoms with E-state index in [4.69, 9.17) is 16.3 Å². The molecule has 0 N–H and O–H groups in total. The van der Waals surface area contributed by atoms with E-state index in [1.807, 2.05) is 0 Å². The molecule has 2 saturated heterocycles. The lowest BCUT2D eigenvalue weighted by molar-refractivity contribution is -0.357. The summed E-state index contributed by atoms with van der Waals surface area (Å²) in [6.07, 6.45) is 1.35. The van der Waals surface area contributed by atoms with E-state index in [-0.39, 0.29) is 23.1 Å². The fraction of sp³-hybridized carbons (Fsp3) is 0.500. The van der Waals surface area contributed by atoms with Crippen LogP contribution < -0.4 is 0 Å². The number of halogens is 3. The van der Waals surface area contributed by atoms with Crippen LogP contribution in [0.5, 0.6) is 0 Å². The van der Waals surface area contributed by atoms with Crippen LogP contribution in [-0.2, 0) is 14.8 Å². The molecule has 19 heavy (non-hydrogen) atoms. The van der Waals surface area contributed by atoms with Crippen LogP contribution in [0.3, 0.4) is 0 Å². The van der Waals surface area contributed by atoms with Crippen molar-refractivity contribution in [2.24, 2.45) is 0 Å². The van der Waals surface area contributed by atoms with Crippen LogP contribution in [0.1, 0.15) is 0 Å². The van der Waals surface area contributed by atoms with E-state index >= 15 is 0 Å². The summed E-state index contributed by atoms with van der Waals surface area (Å²) in [7, 11) is -3.90. The van der Waals surface area contributed by atoms with Crippen LogP contribution in [0.2, 0.25) is 5.15 Å². The molecule has 2 aliphatic heterocycles. The first-order chi connectivity index (χ1) is 8.79. The van der Waals surface area contributed by atoms with Gasteiger partial charge in [0.25, 0.3) is 0 Å². The first-order valence-electron chi connectivity index (χ1n) is 5.41. The molecule has 0 unspecified atom stereocenters. The van der Waals surface area contributed by atoms with Gasteiger partial charge in [-0.05, 0) is 12.1 Å². The number of sulfonamides is 1. The van der Waals surface area contributed by atoms with E-state index in [2.05, 4.69) is 4.98 Å². The predicted octanol–water partition coefficient (Wildman–Crippen LogP) is 1.14. The summed E-state index contributed by atoms with van der Waals surface area (Å²) < 4.78 is 56.7. The van der Waals surface area contributed by atoms with E-state index < -0.39 is 28.2 Å². The molecule has 1 spiro atoms. The van der Waals surface area contributed by atoms with Gasteiger partial charge >= 0.3 is 5.92 Å². The number of hydrogen-bond acceptors (Lipinski definition) is 4. The largest absolute Gasteiger partial charge is 0.359 e. The molecule has 0 atom stereocenters. The topological polar surface area (TPSA) is 59.5 Å². The zero-order chi connectivity index (χ0) is 13.9. The molecule has 2 fully saturated rings. The van der Waals surface area contributed by atoms with Gasteiger partial charge in [-0.3, -0.25) is 0 Å². The molecular formula is C10H9ClF2N2O3S. The van der Waals surface area contributed by atoms with E-state index in [1.165, 1.54) is 18.3 Å². The first-order valence-corrected chi connectivity index (χ1v) is 7.23. The minimum absolute atomic E-state index is 0.176. The quantitative estimate of drug-likeness (QED) is 0.769. The van der Waals surface area contributed by atoms with Gasteiger partial charge in [-0.15, -0.1) is 0 Å². The van der Waals surface area contributed by atoms with Crippen LogP contribution >= 0.6 is 11.6 Å². The Hall–Kier alpha value is -0.830. The van der Waals surface area contributed by atoms with Crippen LogP contribution in [0.15, 0.2) is 23.2 Å². The highest BCUT2D eigenvalue weighted by Gasteiger charge is 2.71. The molecule has 5 nitrogen and oxygen atoms in total. The second-order valence-corrected chi connectivity index (χ2v) is 6.82. The summed E-state index contributed by atoms with van der Waals surface area (Å²) >= 11 is 5.71. The molecule has 3 rings (SSSR count). The van der Waals surface area contributed by atoms with E-state index in [1.54, 1.807) is 0 Å². The molecule has 9 heteroatoms. The van der Waals surface area contributed by atoms with Crippen molar-refractivity contribution in [2.75, 3.05) is 19.7 Å². The Kier molecular flexibility index (Phi) is 2.66. The Balaban J connectivity index is 1.84. The van der Waals surface area contributed by atoms with Gasteiger partial charge in [0, 0.05) is 6.20 Å². The predicted molar refractivity (Wildman–Crippen MR) is 61.6 cm³/mol. The molecule has 0 aliphatic carbocycles. The molecule has 0 bridgehead atoms. The second-order valence-electron chi connectivity index (χ2n) is 4.55. The molecule has 1 aromatic heterocycles. The average Bonchev–Trinajstić information content (AvgIpc) is 2.26. The summed E-state index contributed by atoms with van der Waals surface area (Å²) in [5.74, 6) is -2.97. The summed E-state index contributed by atoms with van der Waals surface area (Å²) in [5.41, 5.74) is -1.66. The lowest BCUT2D eigenvalue weighted by Crippen LogP contribution is -2.79. The fourth-order valence-electron chi connectivity index (χ4n) is 2.10. The minimum atomic E-state index is -3.90. The van der Waals surface area contributed by atoms with Crippen molar-refractivity contribution in [2.45, 2.75) is 16.4 Å². The summed E-state index contributed by atoms with van der Waals surface area (Å²) in [4.78, 5) is 3.48. The van der Waals surface area contributed by atoms with Crippen molar-refractivity contribution in [3.63, 3.8) is 0 Å². The normalized spacial score (nSPS) is 24.8. The zero-order valence-electron chi connectivity index (χ0n) is 9.51. The van der Waals surface area contributed by atoms with Gasteiger partial charge in [0.15, 0.2) is 5.60 Å². The molecule has 0 aromatic carbocycles. The van der Waals surface area contributed by atoms with Crippen molar-refractivity contribution < 1.29 is 21.9 Å². The Morgan fingerprint density at radius 3 is 2.58 bits per heavy atom. The molecular weight excluding hydrogens is 302 g/mol. The summed E-state index contributed by atoms with van der Waals surface area (Å²) in [6, 6.07) is 2.71. The number of nitrogens with zero attached hydrogens (tertiary/aromatic N) is 2. The number of rotatable bonds is 2. The third kappa shape index (κ3) is 1.70. The Morgan fingerprint density at radius 1 is 1.42 bits per heavy atom. The summed E-state index contributed by atoms with van der Waals surface area (Å²) in [5, 5.41) is -0.176. The average molecular weight is 311 g/mol. The highest BCUT2D eigenvalue weighted by Crippen LogP contribution is 2.49. The maximum atomic E-state index is 13.3. The van der Waals surface area contributed by atoms with Gasteiger partial charge < -0.3 is 4.74 Å². The van der Waals surface area contributed by atoms with Crippen molar-refractivity contribution in [1.29, 1.82) is 0 Å². The summed E-state index contributed by atoms with van der Waals surface area (Å²) in [6.45, 7) is -1.39. The molecule has 0 amide bonds. The lowest BCUT2D eigenvalue weighted by atomic mass is 9.84. The fourth-order valence-corrected chi connectivity index (χ4v) is 4.07. The number of aromatic nitrogens is 1. The highest BCUT2D eigenvalue weighted by atomic mass is 35.5. The van der Waals surface area contributed by atoms with Gasteiger partial charge in [0.1, 0.15) is 16.7 Å². The van der Waals surface area contributed by atoms with Crippen molar-refractivity contribution in [3.8, 4) is 0 Å². The second kappa shape index (κ2) is 3.85.